The van der Waals surface area contributed by atoms with Gasteiger partial charge in [0.15, 0.2) is 0 Å². The summed E-state index contributed by atoms with van der Waals surface area (Å²) in [5, 5.41) is 10.0. The Morgan fingerprint density at radius 3 is 2.64 bits per heavy atom. The van der Waals surface area contributed by atoms with Crippen LogP contribution in [0.25, 0.3) is 0 Å². The predicted octanol–water partition coefficient (Wildman–Crippen LogP) is 3.54. The number of carbonyl (C=O) groups is 1. The van der Waals surface area contributed by atoms with E-state index >= 15 is 0 Å². The number of aliphatic imine (C=N–C) groups is 1. The molecule has 28 heavy (non-hydrogen) atoms. The molecule has 1 aromatic carbocycles. The van der Waals surface area contributed by atoms with Crippen LogP contribution in [0.5, 0.6) is 5.75 Å². The van der Waals surface area contributed by atoms with E-state index in [2.05, 4.69) is 11.1 Å². The molecule has 0 N–H and O–H groups in total. The lowest BCUT2D eigenvalue weighted by atomic mass is 9.82. The van der Waals surface area contributed by atoms with E-state index in [1.165, 1.54) is 7.11 Å². The highest BCUT2D eigenvalue weighted by Gasteiger charge is 2.38. The third-order valence-corrected chi connectivity index (χ3v) is 4.49. The van der Waals surface area contributed by atoms with Gasteiger partial charge in [0.05, 0.1) is 25.2 Å². The number of hydrogen-bond donors (Lipinski definition) is 0. The van der Waals surface area contributed by atoms with Gasteiger partial charge in [-0.15, -0.1) is 0 Å². The van der Waals surface area contributed by atoms with Gasteiger partial charge >= 0.3 is 5.97 Å². The highest BCUT2D eigenvalue weighted by atomic mass is 35.5. The van der Waals surface area contributed by atoms with Gasteiger partial charge in [-0.1, -0.05) is 18.2 Å². The normalized spacial score (nSPS) is 17.0. The summed E-state index contributed by atoms with van der Waals surface area (Å²) >= 11 is 6.14. The first-order valence-corrected chi connectivity index (χ1v) is 8.97. The molecule has 1 aliphatic heterocycles. The van der Waals surface area contributed by atoms with Crippen molar-refractivity contribution in [2.75, 3.05) is 27.8 Å². The van der Waals surface area contributed by atoms with Gasteiger partial charge in [-0.2, -0.15) is 10.3 Å². The summed E-state index contributed by atoms with van der Waals surface area (Å²) in [5.41, 5.74) is 0.988. The van der Waals surface area contributed by atoms with Crippen molar-refractivity contribution in [3.63, 3.8) is 0 Å². The van der Waals surface area contributed by atoms with Crippen molar-refractivity contribution in [2.24, 2.45) is 4.99 Å². The Bertz CT molecular complexity index is 897. The van der Waals surface area contributed by atoms with E-state index in [1.807, 2.05) is 0 Å². The van der Waals surface area contributed by atoms with Crippen molar-refractivity contribution < 1.29 is 19.0 Å². The van der Waals surface area contributed by atoms with Crippen LogP contribution in [-0.2, 0) is 14.3 Å². The van der Waals surface area contributed by atoms with Crippen molar-refractivity contribution in [2.45, 2.75) is 19.8 Å². The van der Waals surface area contributed by atoms with E-state index in [0.717, 1.165) is 0 Å². The highest BCUT2D eigenvalue weighted by Crippen LogP contribution is 2.44. The van der Waals surface area contributed by atoms with Crippen LogP contribution in [0.2, 0.25) is 0 Å². The molecule has 1 unspecified atom stereocenters. The molecule has 0 bridgehead atoms. The number of esters is 1. The maximum Gasteiger partial charge on any atom is 0.338 e. The molecule has 1 heterocycles. The van der Waals surface area contributed by atoms with Gasteiger partial charge in [0.2, 0.25) is 11.2 Å². The summed E-state index contributed by atoms with van der Waals surface area (Å²) in [5.74, 6) is -0.485. The lowest BCUT2D eigenvalue weighted by Crippen LogP contribution is -2.24. The number of carbonyl (C=O) groups excluding carboxylic acids is 1. The first-order chi connectivity index (χ1) is 13.3. The summed E-state index contributed by atoms with van der Waals surface area (Å²) in [6, 6.07) is 9.27. The number of methoxy groups -OCH3 is 1. The Labute approximate surface area is 169 Å². The Morgan fingerprint density at radius 2 is 2.07 bits per heavy atom. The lowest BCUT2D eigenvalue weighted by Gasteiger charge is -2.28. The van der Waals surface area contributed by atoms with Crippen LogP contribution in [0, 0.1) is 11.3 Å². The summed E-state index contributed by atoms with van der Waals surface area (Å²) in [7, 11) is 4.95. The molecule has 148 valence electrons. The SMILES string of the molecule is CCOC(=O)C1=C(C)OC(/N=C(\Cl)N(C)C)=C(C#N)C1c1ccccc1OC. The van der Waals surface area contributed by atoms with Crippen molar-refractivity contribution in [3.8, 4) is 11.8 Å². The maximum atomic E-state index is 12.7. The van der Waals surface area contributed by atoms with Crippen LogP contribution in [-0.4, -0.2) is 44.0 Å². The third kappa shape index (κ3) is 4.29. The number of amidine groups is 1. The number of allylic oxidation sites excluding steroid dienone is 2. The second-order valence-corrected chi connectivity index (χ2v) is 6.41. The zero-order valence-electron chi connectivity index (χ0n) is 16.4. The first kappa shape index (κ1) is 21.3. The molecule has 0 saturated carbocycles. The zero-order valence-corrected chi connectivity index (χ0v) is 17.2. The number of para-hydroxylation sites is 1. The molecule has 0 spiro atoms. The molecule has 0 radical (unpaired) electrons. The Kier molecular flexibility index (Phi) is 7.07. The van der Waals surface area contributed by atoms with Gasteiger partial charge in [-0.25, -0.2) is 4.79 Å². The smallest absolute Gasteiger partial charge is 0.338 e. The molecule has 0 saturated heterocycles. The standard InChI is InChI=1S/C20H22ClN3O4/c1-6-27-19(25)16-12(2)28-18(23-20(21)24(3)4)14(11-22)17(16)13-9-7-8-10-15(13)26-5/h7-10,17H,6H2,1-5H3/b23-20+. The van der Waals surface area contributed by atoms with Crippen LogP contribution in [0.1, 0.15) is 25.3 Å². The fourth-order valence-electron chi connectivity index (χ4n) is 2.79. The lowest BCUT2D eigenvalue weighted by molar-refractivity contribution is -0.139. The molecular formula is C20H22ClN3O4. The Morgan fingerprint density at radius 1 is 1.39 bits per heavy atom. The van der Waals surface area contributed by atoms with E-state index in [1.54, 1.807) is 57.1 Å². The summed E-state index contributed by atoms with van der Waals surface area (Å²) in [6.45, 7) is 3.53. The summed E-state index contributed by atoms with van der Waals surface area (Å²) in [4.78, 5) is 18.5. The number of halogens is 1. The van der Waals surface area contributed by atoms with Crippen LogP contribution in [0.4, 0.5) is 0 Å². The molecular weight excluding hydrogens is 382 g/mol. The number of benzene rings is 1. The van der Waals surface area contributed by atoms with Crippen molar-refractivity contribution in [1.82, 2.24) is 4.90 Å². The second kappa shape index (κ2) is 9.29. The quantitative estimate of drug-likeness (QED) is 0.323. The first-order valence-electron chi connectivity index (χ1n) is 8.60. The molecule has 7 nitrogen and oxygen atoms in total. The van der Waals surface area contributed by atoms with Crippen LogP contribution in [0.15, 0.2) is 52.0 Å². The Hall–Kier alpha value is -2.98. The fourth-order valence-corrected chi connectivity index (χ4v) is 2.87. The van der Waals surface area contributed by atoms with E-state index in [9.17, 15) is 10.1 Å². The number of nitrogens with zero attached hydrogens (tertiary/aromatic N) is 3. The van der Waals surface area contributed by atoms with Crippen molar-refractivity contribution in [3.05, 3.63) is 52.6 Å². The summed E-state index contributed by atoms with van der Waals surface area (Å²) in [6.07, 6.45) is 0. The number of hydrogen-bond acceptors (Lipinski definition) is 6. The van der Waals surface area contributed by atoms with Crippen molar-refractivity contribution in [1.29, 1.82) is 5.26 Å². The molecule has 8 heteroatoms. The molecule has 2 rings (SSSR count). The third-order valence-electron chi connectivity index (χ3n) is 4.07. The molecule has 1 aromatic rings. The molecule has 0 fully saturated rings. The molecule has 0 aliphatic carbocycles. The summed E-state index contributed by atoms with van der Waals surface area (Å²) < 4.78 is 16.4. The second-order valence-electron chi connectivity index (χ2n) is 6.07. The fraction of sp³-hybridized carbons (Fsp3) is 0.350. The van der Waals surface area contributed by atoms with E-state index in [4.69, 9.17) is 25.8 Å². The van der Waals surface area contributed by atoms with Gasteiger partial charge < -0.3 is 19.1 Å². The van der Waals surface area contributed by atoms with E-state index in [-0.39, 0.29) is 34.7 Å². The average molecular weight is 404 g/mol. The molecule has 1 aliphatic rings. The number of rotatable bonds is 5. The minimum absolute atomic E-state index is 0.0302. The van der Waals surface area contributed by atoms with Gasteiger partial charge in [-0.3, -0.25) is 0 Å². The van der Waals surface area contributed by atoms with Gasteiger partial charge in [0, 0.05) is 19.7 Å². The van der Waals surface area contributed by atoms with Crippen LogP contribution in [0.3, 0.4) is 0 Å². The van der Waals surface area contributed by atoms with Crippen molar-refractivity contribution >= 4 is 22.9 Å². The van der Waals surface area contributed by atoms with Gasteiger partial charge in [0.1, 0.15) is 23.2 Å². The average Bonchev–Trinajstić information content (AvgIpc) is 2.67. The van der Waals surface area contributed by atoms with Crippen LogP contribution < -0.4 is 4.74 Å². The minimum Gasteiger partial charge on any atom is -0.496 e. The topological polar surface area (TPSA) is 84.2 Å². The largest absolute Gasteiger partial charge is 0.496 e. The molecule has 0 amide bonds. The number of ether oxygens (including phenoxy) is 3. The number of nitriles is 1. The maximum absolute atomic E-state index is 12.7. The van der Waals surface area contributed by atoms with E-state index in [0.29, 0.717) is 11.3 Å². The zero-order chi connectivity index (χ0) is 20.8. The predicted molar refractivity (Wildman–Crippen MR) is 106 cm³/mol. The van der Waals surface area contributed by atoms with Crippen LogP contribution >= 0.6 is 11.6 Å². The monoisotopic (exact) mass is 403 g/mol. The van der Waals surface area contributed by atoms with Gasteiger partial charge in [0.25, 0.3) is 0 Å². The Balaban J connectivity index is 2.76. The molecule has 1 atom stereocenters. The minimum atomic E-state index is -0.765. The highest BCUT2D eigenvalue weighted by molar-refractivity contribution is 6.64. The van der Waals surface area contributed by atoms with E-state index < -0.39 is 11.9 Å². The molecule has 0 aromatic heterocycles. The van der Waals surface area contributed by atoms with Gasteiger partial charge in [-0.05, 0) is 31.5 Å².